The monoisotopic (exact) mass is 579 g/mol. The van der Waals surface area contributed by atoms with Gasteiger partial charge in [-0.1, -0.05) is 54.1 Å². The molecule has 0 saturated carbocycles. The molecule has 6 rings (SSSR count). The summed E-state index contributed by atoms with van der Waals surface area (Å²) in [6.07, 6.45) is 1.69. The molecule has 2 N–H and O–H groups in total. The maximum atomic E-state index is 13.0. The first-order valence-corrected chi connectivity index (χ1v) is 14.4. The summed E-state index contributed by atoms with van der Waals surface area (Å²) in [5.74, 6) is -0.740. The van der Waals surface area contributed by atoms with Crippen LogP contribution in [0.2, 0.25) is 5.02 Å². The molecule has 2 aromatic carbocycles. The Morgan fingerprint density at radius 2 is 1.78 bits per heavy atom. The molecule has 8 nitrogen and oxygen atoms in total. The second-order valence-corrected chi connectivity index (χ2v) is 11.0. The number of aryl methyl sites for hydroxylation is 1. The van der Waals surface area contributed by atoms with E-state index in [0.29, 0.717) is 33.0 Å². The van der Waals surface area contributed by atoms with Gasteiger partial charge in [-0.25, -0.2) is 4.98 Å². The third-order valence-corrected chi connectivity index (χ3v) is 7.78. The Labute approximate surface area is 242 Å². The second-order valence-electron chi connectivity index (χ2n) is 9.43. The Bertz CT molecular complexity index is 2000. The Kier molecular flexibility index (Phi) is 7.23. The summed E-state index contributed by atoms with van der Waals surface area (Å²) in [5.41, 5.74) is 4.56. The van der Waals surface area contributed by atoms with Crippen molar-refractivity contribution in [3.63, 3.8) is 0 Å². The molecule has 6 aromatic rings. The van der Waals surface area contributed by atoms with Crippen LogP contribution in [0.15, 0.2) is 95.9 Å². The van der Waals surface area contributed by atoms with Crippen molar-refractivity contribution < 1.29 is 9.35 Å². The molecule has 0 spiro atoms. The quantitative estimate of drug-likeness (QED) is 0.242. The van der Waals surface area contributed by atoms with Gasteiger partial charge in [0, 0.05) is 33.8 Å². The number of hydrogen-bond acceptors (Lipinski definition) is 6. The molecular weight excluding hydrogens is 558 g/mol. The average Bonchev–Trinajstić information content (AvgIpc) is 2.96. The van der Waals surface area contributed by atoms with Crippen molar-refractivity contribution in [1.82, 2.24) is 24.7 Å². The molecule has 202 valence electrons. The fourth-order valence-corrected chi connectivity index (χ4v) is 5.75. The Morgan fingerprint density at radius 1 is 0.951 bits per heavy atom. The van der Waals surface area contributed by atoms with E-state index in [1.807, 2.05) is 73.7 Å². The van der Waals surface area contributed by atoms with Gasteiger partial charge >= 0.3 is 0 Å². The predicted molar refractivity (Wildman–Crippen MR) is 162 cm³/mol. The van der Waals surface area contributed by atoms with Crippen LogP contribution in [0.1, 0.15) is 21.7 Å². The Hall–Kier alpha value is -4.57. The van der Waals surface area contributed by atoms with Gasteiger partial charge in [0.25, 0.3) is 11.5 Å². The van der Waals surface area contributed by atoms with E-state index in [0.717, 1.165) is 27.8 Å². The molecule has 41 heavy (non-hydrogen) atoms. The number of aromatic nitrogens is 4. The van der Waals surface area contributed by atoms with Gasteiger partial charge in [-0.15, -0.1) is 0 Å². The van der Waals surface area contributed by atoms with Crippen LogP contribution in [-0.2, 0) is 17.1 Å². The highest BCUT2D eigenvalue weighted by Crippen LogP contribution is 2.36. The van der Waals surface area contributed by atoms with Crippen LogP contribution in [0.4, 0.5) is 0 Å². The number of nitrogens with zero attached hydrogens (tertiary/aromatic N) is 3. The lowest BCUT2D eigenvalue weighted by atomic mass is 9.96. The minimum atomic E-state index is -1.78. The minimum absolute atomic E-state index is 0.0165. The summed E-state index contributed by atoms with van der Waals surface area (Å²) in [4.78, 5) is 42.2. The number of H-pyrrole nitrogens is 1. The van der Waals surface area contributed by atoms with Crippen molar-refractivity contribution in [2.75, 3.05) is 0 Å². The molecule has 0 saturated heterocycles. The molecule has 10 heteroatoms. The van der Waals surface area contributed by atoms with Crippen molar-refractivity contribution in [2.24, 2.45) is 0 Å². The second kappa shape index (κ2) is 11.1. The number of pyridine rings is 4. The molecule has 0 fully saturated rings. The third kappa shape index (κ3) is 5.55. The van der Waals surface area contributed by atoms with E-state index in [-0.39, 0.29) is 11.3 Å². The van der Waals surface area contributed by atoms with Gasteiger partial charge in [0.1, 0.15) is 11.2 Å². The van der Waals surface area contributed by atoms with E-state index in [1.54, 1.807) is 18.3 Å². The largest absolute Gasteiger partial charge is 0.593 e. The highest BCUT2D eigenvalue weighted by atomic mass is 35.5. The Morgan fingerprint density at radius 3 is 2.59 bits per heavy atom. The lowest BCUT2D eigenvalue weighted by Gasteiger charge is -2.14. The van der Waals surface area contributed by atoms with E-state index in [9.17, 15) is 14.1 Å². The van der Waals surface area contributed by atoms with Gasteiger partial charge in [0.15, 0.2) is 5.75 Å². The van der Waals surface area contributed by atoms with Gasteiger partial charge in [0.05, 0.1) is 33.3 Å². The van der Waals surface area contributed by atoms with Crippen molar-refractivity contribution in [2.45, 2.75) is 12.7 Å². The molecule has 0 aliphatic heterocycles. The molecule has 4 heterocycles. The van der Waals surface area contributed by atoms with Crippen LogP contribution >= 0.6 is 11.6 Å². The third-order valence-electron chi connectivity index (χ3n) is 6.52. The topological polar surface area (TPSA) is 124 Å². The van der Waals surface area contributed by atoms with E-state index >= 15 is 0 Å². The maximum absolute atomic E-state index is 13.0. The van der Waals surface area contributed by atoms with Crippen LogP contribution in [0.5, 0.6) is 0 Å². The molecule has 1 atom stereocenters. The zero-order chi connectivity index (χ0) is 28.5. The smallest absolute Gasteiger partial charge is 0.297 e. The normalized spacial score (nSPS) is 12.0. The summed E-state index contributed by atoms with van der Waals surface area (Å²) in [6.45, 7) is 1.83. The first-order valence-electron chi connectivity index (χ1n) is 12.7. The highest BCUT2D eigenvalue weighted by molar-refractivity contribution is 7.89. The van der Waals surface area contributed by atoms with E-state index in [4.69, 9.17) is 16.6 Å². The number of benzene rings is 2. The van der Waals surface area contributed by atoms with Gasteiger partial charge in [-0.2, -0.15) is 4.72 Å². The number of aromatic amines is 1. The number of hydrogen-bond donors (Lipinski definition) is 2. The number of nitrogens with one attached hydrogen (secondary N) is 2. The van der Waals surface area contributed by atoms with Crippen molar-refractivity contribution >= 4 is 50.8 Å². The number of carbonyl (C=O) groups excluding carboxylic acids is 1. The zero-order valence-corrected chi connectivity index (χ0v) is 23.3. The summed E-state index contributed by atoms with van der Waals surface area (Å²) >= 11 is 4.83. The fraction of sp³-hybridized carbons (Fsp3) is 0.0645. The Balaban J connectivity index is 1.43. The molecule has 1 amide bonds. The van der Waals surface area contributed by atoms with Gasteiger partial charge in [-0.05, 0) is 55.0 Å². The van der Waals surface area contributed by atoms with Gasteiger partial charge in [0.2, 0.25) is 0 Å². The van der Waals surface area contributed by atoms with Crippen LogP contribution in [-0.4, -0.2) is 30.4 Å². The van der Waals surface area contributed by atoms with Gasteiger partial charge in [-0.3, -0.25) is 19.6 Å². The molecule has 1 unspecified atom stereocenters. The van der Waals surface area contributed by atoms with Gasteiger partial charge < -0.3 is 9.54 Å². The van der Waals surface area contributed by atoms with E-state index < -0.39 is 22.8 Å². The lowest BCUT2D eigenvalue weighted by molar-refractivity contribution is 0.0980. The fourth-order valence-electron chi connectivity index (χ4n) is 4.65. The predicted octanol–water partition coefficient (Wildman–Crippen LogP) is 5.76. The van der Waals surface area contributed by atoms with Crippen molar-refractivity contribution in [1.29, 1.82) is 0 Å². The minimum Gasteiger partial charge on any atom is -0.593 e. The van der Waals surface area contributed by atoms with Crippen LogP contribution in [0.25, 0.3) is 44.3 Å². The summed E-state index contributed by atoms with van der Waals surface area (Å²) in [7, 11) is 0. The molecular formula is C31H22ClN5O3S. The van der Waals surface area contributed by atoms with Crippen molar-refractivity contribution in [3.8, 4) is 22.4 Å². The number of halogens is 1. The molecule has 0 bridgehead atoms. The zero-order valence-electron chi connectivity index (χ0n) is 21.7. The van der Waals surface area contributed by atoms with E-state index in [1.165, 1.54) is 6.07 Å². The summed E-state index contributed by atoms with van der Waals surface area (Å²) in [6, 6.07) is 25.8. The molecule has 0 radical (unpaired) electrons. The summed E-state index contributed by atoms with van der Waals surface area (Å²) in [5, 5.41) is 1.88. The van der Waals surface area contributed by atoms with E-state index in [2.05, 4.69) is 19.7 Å². The first kappa shape index (κ1) is 26.6. The molecule has 4 aromatic heterocycles. The molecule has 0 aliphatic rings. The number of amides is 1. The van der Waals surface area contributed by atoms with Crippen LogP contribution < -0.4 is 10.3 Å². The molecule has 0 aliphatic carbocycles. The lowest BCUT2D eigenvalue weighted by Crippen LogP contribution is -2.35. The standard InChI is InChI=1S/C31H22ClN5O3S/c1-18-7-5-11-23(34-18)17-41(40)37-31(39)25-15-22-14-24(21-13-20-10-6-12-33-28(20)26(32)16-21)27(19-8-3-2-4-9-19)35-29(22)36-30(25)38/h2-16H,17H2,1H3,(H,37,39)(H,35,36,38). The number of fused-ring (bicyclic) bond motifs is 2. The van der Waals surface area contributed by atoms with Crippen LogP contribution in [0, 0.1) is 6.92 Å². The SMILES string of the molecule is Cc1cccc(C[S+]([O-])NC(=O)c2cc3cc(-c4cc(Cl)c5ncccc5c4)c(-c4ccccc4)nc3[nH]c2=O)n1. The number of carbonyl (C=O) groups is 1. The maximum Gasteiger partial charge on any atom is 0.297 e. The number of rotatable bonds is 6. The first-order chi connectivity index (χ1) is 19.9. The summed E-state index contributed by atoms with van der Waals surface area (Å²) < 4.78 is 15.1. The van der Waals surface area contributed by atoms with Crippen molar-refractivity contribution in [3.05, 3.63) is 123 Å². The average molecular weight is 580 g/mol. The highest BCUT2D eigenvalue weighted by Gasteiger charge is 2.21. The van der Waals surface area contributed by atoms with Crippen LogP contribution in [0.3, 0.4) is 0 Å².